The van der Waals surface area contributed by atoms with Gasteiger partial charge in [-0.25, -0.2) is 0 Å². The van der Waals surface area contributed by atoms with Crippen LogP contribution in [0.2, 0.25) is 0 Å². The topological polar surface area (TPSA) is 66.4 Å². The van der Waals surface area contributed by atoms with Crippen molar-refractivity contribution in [1.29, 1.82) is 0 Å². The number of carboxylic acids is 1. The van der Waals surface area contributed by atoms with E-state index in [0.717, 1.165) is 19.3 Å². The average molecular weight is 277 g/mol. The van der Waals surface area contributed by atoms with E-state index < -0.39 is 17.8 Å². The molecule has 2 aliphatic rings. The largest absolute Gasteiger partial charge is 0.481 e. The van der Waals surface area contributed by atoms with E-state index in [-0.39, 0.29) is 5.91 Å². The number of hydrogen-bond donors (Lipinski definition) is 2. The summed E-state index contributed by atoms with van der Waals surface area (Å²) in [5, 5.41) is 12.1. The van der Waals surface area contributed by atoms with Crippen molar-refractivity contribution in [3.8, 4) is 0 Å². The maximum Gasteiger partial charge on any atom is 0.307 e. The van der Waals surface area contributed by atoms with E-state index in [4.69, 9.17) is 5.11 Å². The Hall–Kier alpha value is -1.58. The summed E-state index contributed by atoms with van der Waals surface area (Å²) in [5.74, 6) is -1.98. The number of hydrogen-bond acceptors (Lipinski definition) is 2. The first-order chi connectivity index (χ1) is 9.68. The molecule has 0 aromatic rings. The molecule has 0 saturated heterocycles. The first-order valence-electron chi connectivity index (χ1n) is 7.52. The first kappa shape index (κ1) is 14.8. The highest BCUT2D eigenvalue weighted by molar-refractivity contribution is 5.85. The summed E-state index contributed by atoms with van der Waals surface area (Å²) >= 11 is 0. The van der Waals surface area contributed by atoms with Gasteiger partial charge in [0.2, 0.25) is 5.91 Å². The molecule has 4 heteroatoms. The Labute approximate surface area is 119 Å². The summed E-state index contributed by atoms with van der Waals surface area (Å²) in [5.41, 5.74) is 1.43. The Kier molecular flexibility index (Phi) is 5.39. The van der Waals surface area contributed by atoms with Crippen molar-refractivity contribution in [3.63, 3.8) is 0 Å². The third-order valence-corrected chi connectivity index (χ3v) is 4.22. The molecule has 0 heterocycles. The number of aliphatic carboxylic acids is 1. The van der Waals surface area contributed by atoms with Crippen LogP contribution in [-0.4, -0.2) is 23.5 Å². The normalized spacial score (nSPS) is 25.9. The van der Waals surface area contributed by atoms with E-state index in [0.29, 0.717) is 19.4 Å². The van der Waals surface area contributed by atoms with E-state index in [1.54, 1.807) is 0 Å². The molecular formula is C16H23NO3. The second-order valence-electron chi connectivity index (χ2n) is 5.64. The molecule has 4 nitrogen and oxygen atoms in total. The van der Waals surface area contributed by atoms with Gasteiger partial charge in [0.05, 0.1) is 11.8 Å². The van der Waals surface area contributed by atoms with Crippen LogP contribution in [0.3, 0.4) is 0 Å². The second kappa shape index (κ2) is 7.27. The van der Waals surface area contributed by atoms with Gasteiger partial charge in [-0.3, -0.25) is 9.59 Å². The second-order valence-corrected chi connectivity index (χ2v) is 5.64. The molecule has 0 saturated carbocycles. The molecule has 20 heavy (non-hydrogen) atoms. The van der Waals surface area contributed by atoms with E-state index in [1.165, 1.54) is 18.4 Å². The molecular weight excluding hydrogens is 254 g/mol. The van der Waals surface area contributed by atoms with Gasteiger partial charge in [0, 0.05) is 6.54 Å². The molecule has 0 radical (unpaired) electrons. The predicted octanol–water partition coefficient (Wildman–Crippen LogP) is 2.66. The fraction of sp³-hybridized carbons (Fsp3) is 0.625. The zero-order valence-electron chi connectivity index (χ0n) is 11.8. The highest BCUT2D eigenvalue weighted by atomic mass is 16.4. The molecule has 0 unspecified atom stereocenters. The maximum absolute atomic E-state index is 12.1. The average Bonchev–Trinajstić information content (AvgIpc) is 2.48. The fourth-order valence-electron chi connectivity index (χ4n) is 2.99. The van der Waals surface area contributed by atoms with Crippen LogP contribution in [0.15, 0.2) is 23.8 Å². The van der Waals surface area contributed by atoms with Crippen LogP contribution in [0, 0.1) is 11.8 Å². The number of carbonyl (C=O) groups excluding carboxylic acids is 1. The number of rotatable bonds is 5. The summed E-state index contributed by atoms with van der Waals surface area (Å²) in [7, 11) is 0. The summed E-state index contributed by atoms with van der Waals surface area (Å²) in [4.78, 5) is 23.3. The van der Waals surface area contributed by atoms with Gasteiger partial charge in [0.15, 0.2) is 0 Å². The van der Waals surface area contributed by atoms with Crippen molar-refractivity contribution in [2.24, 2.45) is 11.8 Å². The predicted molar refractivity (Wildman–Crippen MR) is 77.2 cm³/mol. The molecule has 2 atom stereocenters. The molecule has 2 rings (SSSR count). The molecule has 2 aliphatic carbocycles. The third-order valence-electron chi connectivity index (χ3n) is 4.22. The molecule has 0 aliphatic heterocycles. The molecule has 0 bridgehead atoms. The van der Waals surface area contributed by atoms with Crippen LogP contribution >= 0.6 is 0 Å². The van der Waals surface area contributed by atoms with Crippen molar-refractivity contribution >= 4 is 11.9 Å². The van der Waals surface area contributed by atoms with Crippen LogP contribution in [0.4, 0.5) is 0 Å². The molecule has 1 amide bonds. The van der Waals surface area contributed by atoms with Gasteiger partial charge < -0.3 is 10.4 Å². The monoisotopic (exact) mass is 277 g/mol. The Balaban J connectivity index is 1.80. The van der Waals surface area contributed by atoms with Gasteiger partial charge in [-0.1, -0.05) is 23.8 Å². The van der Waals surface area contributed by atoms with Crippen molar-refractivity contribution in [2.45, 2.75) is 44.9 Å². The highest BCUT2D eigenvalue weighted by Crippen LogP contribution is 2.26. The minimum Gasteiger partial charge on any atom is -0.481 e. The zero-order valence-corrected chi connectivity index (χ0v) is 11.8. The zero-order chi connectivity index (χ0) is 14.4. The molecule has 0 aromatic heterocycles. The number of amides is 1. The summed E-state index contributed by atoms with van der Waals surface area (Å²) < 4.78 is 0. The highest BCUT2D eigenvalue weighted by Gasteiger charge is 2.33. The van der Waals surface area contributed by atoms with E-state index >= 15 is 0 Å². The van der Waals surface area contributed by atoms with E-state index in [2.05, 4.69) is 11.4 Å². The van der Waals surface area contributed by atoms with Gasteiger partial charge >= 0.3 is 5.97 Å². The lowest BCUT2D eigenvalue weighted by Gasteiger charge is -2.24. The maximum atomic E-state index is 12.1. The van der Waals surface area contributed by atoms with Gasteiger partial charge in [0.1, 0.15) is 0 Å². The van der Waals surface area contributed by atoms with Crippen LogP contribution in [0.5, 0.6) is 0 Å². The Morgan fingerprint density at radius 2 is 1.95 bits per heavy atom. The van der Waals surface area contributed by atoms with Gasteiger partial charge in [-0.05, 0) is 44.9 Å². The minimum atomic E-state index is -0.871. The van der Waals surface area contributed by atoms with Crippen molar-refractivity contribution in [3.05, 3.63) is 23.8 Å². The summed E-state index contributed by atoms with van der Waals surface area (Å²) in [6.07, 6.45) is 12.7. The first-order valence-corrected chi connectivity index (χ1v) is 7.52. The minimum absolute atomic E-state index is 0.113. The van der Waals surface area contributed by atoms with Gasteiger partial charge in [-0.15, -0.1) is 0 Å². The number of nitrogens with one attached hydrogen (secondary N) is 1. The molecule has 0 spiro atoms. The number of carbonyl (C=O) groups is 2. The molecule has 0 fully saturated rings. The molecule has 110 valence electrons. The summed E-state index contributed by atoms with van der Waals surface area (Å²) in [6, 6.07) is 0. The fourth-order valence-corrected chi connectivity index (χ4v) is 2.99. The van der Waals surface area contributed by atoms with Crippen LogP contribution in [0.1, 0.15) is 44.9 Å². The number of carboxylic acid groups (broad SMARTS) is 1. The standard InChI is InChI=1S/C16H23NO3/c18-15(13-8-4-5-9-14(13)16(19)20)17-11-10-12-6-2-1-3-7-12/h4-6,13-14H,1-3,7-11H2,(H,17,18)(H,19,20)/t13-,14+/m0/s1. The number of allylic oxidation sites excluding steroid dienone is 3. The Morgan fingerprint density at radius 1 is 1.20 bits per heavy atom. The van der Waals surface area contributed by atoms with Crippen LogP contribution < -0.4 is 5.32 Å². The van der Waals surface area contributed by atoms with Crippen LogP contribution in [0.25, 0.3) is 0 Å². The lowest BCUT2D eigenvalue weighted by atomic mass is 9.82. The van der Waals surface area contributed by atoms with Crippen molar-refractivity contribution < 1.29 is 14.7 Å². The van der Waals surface area contributed by atoms with E-state index in [9.17, 15) is 9.59 Å². The molecule has 2 N–H and O–H groups in total. The van der Waals surface area contributed by atoms with Crippen molar-refractivity contribution in [1.82, 2.24) is 5.32 Å². The smallest absolute Gasteiger partial charge is 0.307 e. The third kappa shape index (κ3) is 3.95. The van der Waals surface area contributed by atoms with Crippen molar-refractivity contribution in [2.75, 3.05) is 6.54 Å². The van der Waals surface area contributed by atoms with Gasteiger partial charge in [0.25, 0.3) is 0 Å². The van der Waals surface area contributed by atoms with Crippen LogP contribution in [-0.2, 0) is 9.59 Å². The quantitative estimate of drug-likeness (QED) is 0.759. The Morgan fingerprint density at radius 3 is 2.60 bits per heavy atom. The molecule has 0 aromatic carbocycles. The van der Waals surface area contributed by atoms with Gasteiger partial charge in [-0.2, -0.15) is 0 Å². The Bertz CT molecular complexity index is 425. The lowest BCUT2D eigenvalue weighted by Crippen LogP contribution is -2.39. The lowest BCUT2D eigenvalue weighted by molar-refractivity contribution is -0.147. The van der Waals surface area contributed by atoms with E-state index in [1.807, 2.05) is 12.2 Å². The summed E-state index contributed by atoms with van der Waals surface area (Å²) in [6.45, 7) is 0.622. The SMILES string of the molecule is O=C(NCCC1=CCCCC1)[C@H]1CC=CC[C@H]1C(=O)O.